The average molecular weight is 219 g/mol. The van der Waals surface area contributed by atoms with Gasteiger partial charge in [-0.3, -0.25) is 0 Å². The van der Waals surface area contributed by atoms with Crippen molar-refractivity contribution in [2.75, 3.05) is 0 Å². The highest BCUT2D eigenvalue weighted by atomic mass is 35.5. The molecule has 2 nitrogen and oxygen atoms in total. The number of nitrogens with two attached hydrogens (primary N) is 1. The third kappa shape index (κ3) is 2.35. The first-order valence-corrected chi connectivity index (χ1v) is 5.08. The van der Waals surface area contributed by atoms with Gasteiger partial charge in [0.25, 0.3) is 0 Å². The standard InChI is InChI=1S/C12H11ClN2/c13-11-8-4-7-10(15-11)12(14)9-5-2-1-3-6-9/h1-8,12H,14H2/t12-/m0/s1. The minimum absolute atomic E-state index is 0.218. The van der Waals surface area contributed by atoms with Gasteiger partial charge in [0, 0.05) is 0 Å². The molecule has 0 saturated heterocycles. The van der Waals surface area contributed by atoms with Crippen molar-refractivity contribution in [2.45, 2.75) is 6.04 Å². The minimum Gasteiger partial charge on any atom is -0.319 e. The minimum atomic E-state index is -0.218. The van der Waals surface area contributed by atoms with Crippen molar-refractivity contribution in [1.82, 2.24) is 4.98 Å². The molecule has 3 heteroatoms. The average Bonchev–Trinajstić information content (AvgIpc) is 2.29. The van der Waals surface area contributed by atoms with Gasteiger partial charge in [0.2, 0.25) is 0 Å². The smallest absolute Gasteiger partial charge is 0.129 e. The number of hydrogen-bond acceptors (Lipinski definition) is 2. The Hall–Kier alpha value is -1.38. The second-order valence-corrected chi connectivity index (χ2v) is 3.66. The second kappa shape index (κ2) is 4.43. The summed E-state index contributed by atoms with van der Waals surface area (Å²) in [6, 6.07) is 15.1. The highest BCUT2D eigenvalue weighted by molar-refractivity contribution is 6.29. The molecule has 0 aliphatic rings. The Morgan fingerprint density at radius 1 is 1.00 bits per heavy atom. The lowest BCUT2D eigenvalue weighted by Gasteiger charge is -2.11. The summed E-state index contributed by atoms with van der Waals surface area (Å²) in [5, 5.41) is 0.471. The molecule has 1 heterocycles. The molecule has 0 fully saturated rings. The zero-order valence-corrected chi connectivity index (χ0v) is 8.85. The largest absolute Gasteiger partial charge is 0.319 e. The van der Waals surface area contributed by atoms with Crippen LogP contribution in [-0.2, 0) is 0 Å². The third-order valence-electron chi connectivity index (χ3n) is 2.21. The number of nitrogens with zero attached hydrogens (tertiary/aromatic N) is 1. The van der Waals surface area contributed by atoms with Crippen LogP contribution in [0, 0.1) is 0 Å². The number of benzene rings is 1. The van der Waals surface area contributed by atoms with Crippen LogP contribution in [0.5, 0.6) is 0 Å². The van der Waals surface area contributed by atoms with E-state index in [9.17, 15) is 0 Å². The molecule has 2 N–H and O–H groups in total. The molecule has 0 aliphatic carbocycles. The van der Waals surface area contributed by atoms with E-state index in [4.69, 9.17) is 17.3 Å². The summed E-state index contributed by atoms with van der Waals surface area (Å²) in [4.78, 5) is 4.19. The molecule has 0 bridgehead atoms. The van der Waals surface area contributed by atoms with Crippen molar-refractivity contribution >= 4 is 11.6 Å². The van der Waals surface area contributed by atoms with Crippen LogP contribution in [0.1, 0.15) is 17.3 Å². The lowest BCUT2D eigenvalue weighted by molar-refractivity contribution is 0.829. The van der Waals surface area contributed by atoms with Crippen LogP contribution in [0.15, 0.2) is 48.5 Å². The molecule has 0 unspecified atom stereocenters. The van der Waals surface area contributed by atoms with Gasteiger partial charge in [-0.15, -0.1) is 0 Å². The van der Waals surface area contributed by atoms with Crippen LogP contribution in [0.25, 0.3) is 0 Å². The molecular formula is C12H11ClN2. The summed E-state index contributed by atoms with van der Waals surface area (Å²) in [7, 11) is 0. The molecule has 2 aromatic rings. The molecule has 2 rings (SSSR count). The van der Waals surface area contributed by atoms with Gasteiger partial charge in [-0.25, -0.2) is 4.98 Å². The lowest BCUT2D eigenvalue weighted by Crippen LogP contribution is -2.13. The maximum absolute atomic E-state index is 6.06. The Morgan fingerprint density at radius 2 is 1.73 bits per heavy atom. The van der Waals surface area contributed by atoms with E-state index in [-0.39, 0.29) is 6.04 Å². The Balaban J connectivity index is 2.32. The number of halogens is 1. The van der Waals surface area contributed by atoms with Crippen molar-refractivity contribution < 1.29 is 0 Å². The fraction of sp³-hybridized carbons (Fsp3) is 0.0833. The summed E-state index contributed by atoms with van der Waals surface area (Å²) in [6.45, 7) is 0. The van der Waals surface area contributed by atoms with Crippen molar-refractivity contribution in [3.05, 3.63) is 64.9 Å². The summed E-state index contributed by atoms with van der Waals surface area (Å²) >= 11 is 5.81. The van der Waals surface area contributed by atoms with E-state index in [2.05, 4.69) is 4.98 Å². The van der Waals surface area contributed by atoms with Gasteiger partial charge in [-0.05, 0) is 17.7 Å². The van der Waals surface area contributed by atoms with Crippen LogP contribution in [-0.4, -0.2) is 4.98 Å². The molecule has 0 aliphatic heterocycles. The van der Waals surface area contributed by atoms with E-state index >= 15 is 0 Å². The van der Waals surface area contributed by atoms with Crippen molar-refractivity contribution in [1.29, 1.82) is 0 Å². The molecule has 0 radical (unpaired) electrons. The van der Waals surface area contributed by atoms with Gasteiger partial charge in [0.1, 0.15) is 5.15 Å². The Kier molecular flexibility index (Phi) is 2.99. The quantitative estimate of drug-likeness (QED) is 0.788. The van der Waals surface area contributed by atoms with E-state index in [1.54, 1.807) is 6.07 Å². The lowest BCUT2D eigenvalue weighted by atomic mass is 10.0. The predicted molar refractivity (Wildman–Crippen MR) is 61.7 cm³/mol. The highest BCUT2D eigenvalue weighted by Crippen LogP contribution is 2.18. The number of pyridine rings is 1. The molecular weight excluding hydrogens is 208 g/mol. The zero-order chi connectivity index (χ0) is 10.7. The monoisotopic (exact) mass is 218 g/mol. The van der Waals surface area contributed by atoms with Gasteiger partial charge in [-0.1, -0.05) is 48.0 Å². The summed E-state index contributed by atoms with van der Waals surface area (Å²) < 4.78 is 0. The Bertz CT molecular complexity index is 442. The third-order valence-corrected chi connectivity index (χ3v) is 2.42. The SMILES string of the molecule is N[C@@H](c1ccccc1)c1cccc(Cl)n1. The van der Waals surface area contributed by atoms with E-state index < -0.39 is 0 Å². The maximum Gasteiger partial charge on any atom is 0.129 e. The van der Waals surface area contributed by atoms with Crippen LogP contribution in [0.2, 0.25) is 5.15 Å². The normalized spacial score (nSPS) is 12.4. The van der Waals surface area contributed by atoms with Gasteiger partial charge in [0.15, 0.2) is 0 Å². The molecule has 0 saturated carbocycles. The van der Waals surface area contributed by atoms with E-state index in [0.29, 0.717) is 5.15 Å². The first-order chi connectivity index (χ1) is 7.27. The van der Waals surface area contributed by atoms with Gasteiger partial charge in [-0.2, -0.15) is 0 Å². The fourth-order valence-electron chi connectivity index (χ4n) is 1.43. The molecule has 1 aromatic carbocycles. The predicted octanol–water partition coefficient (Wildman–Crippen LogP) is 2.78. The summed E-state index contributed by atoms with van der Waals surface area (Å²) in [5.74, 6) is 0. The molecule has 15 heavy (non-hydrogen) atoms. The van der Waals surface area contributed by atoms with E-state index in [1.165, 1.54) is 0 Å². The van der Waals surface area contributed by atoms with Crippen molar-refractivity contribution in [2.24, 2.45) is 5.73 Å². The van der Waals surface area contributed by atoms with Crippen LogP contribution >= 0.6 is 11.6 Å². The van der Waals surface area contributed by atoms with Gasteiger partial charge < -0.3 is 5.73 Å². The number of rotatable bonds is 2. The summed E-state index contributed by atoms with van der Waals surface area (Å²) in [6.07, 6.45) is 0. The van der Waals surface area contributed by atoms with Crippen LogP contribution < -0.4 is 5.73 Å². The molecule has 76 valence electrons. The molecule has 0 amide bonds. The highest BCUT2D eigenvalue weighted by Gasteiger charge is 2.09. The molecule has 1 atom stereocenters. The van der Waals surface area contributed by atoms with Crippen LogP contribution in [0.4, 0.5) is 0 Å². The second-order valence-electron chi connectivity index (χ2n) is 3.27. The summed E-state index contributed by atoms with van der Waals surface area (Å²) in [5.41, 5.74) is 7.88. The van der Waals surface area contributed by atoms with Gasteiger partial charge >= 0.3 is 0 Å². The van der Waals surface area contributed by atoms with E-state index in [1.807, 2.05) is 42.5 Å². The fourth-order valence-corrected chi connectivity index (χ4v) is 1.60. The first kappa shape index (κ1) is 10.1. The first-order valence-electron chi connectivity index (χ1n) is 4.70. The molecule has 0 spiro atoms. The molecule has 1 aromatic heterocycles. The Morgan fingerprint density at radius 3 is 2.40 bits per heavy atom. The number of aromatic nitrogens is 1. The van der Waals surface area contributed by atoms with E-state index in [0.717, 1.165) is 11.3 Å². The van der Waals surface area contributed by atoms with Crippen molar-refractivity contribution in [3.8, 4) is 0 Å². The zero-order valence-electron chi connectivity index (χ0n) is 8.10. The van der Waals surface area contributed by atoms with Crippen molar-refractivity contribution in [3.63, 3.8) is 0 Å². The topological polar surface area (TPSA) is 38.9 Å². The number of hydrogen-bond donors (Lipinski definition) is 1. The van der Waals surface area contributed by atoms with Gasteiger partial charge in [0.05, 0.1) is 11.7 Å². The van der Waals surface area contributed by atoms with Crippen LogP contribution in [0.3, 0.4) is 0 Å². The maximum atomic E-state index is 6.06. The Labute approximate surface area is 93.7 Å².